The summed E-state index contributed by atoms with van der Waals surface area (Å²) >= 11 is 3.30. The Labute approximate surface area is 763 Å². The molecule has 728 valence electrons. The molecule has 51 nitrogen and oxygen atoms in total. The molecule has 14 atom stereocenters. The van der Waals surface area contributed by atoms with Gasteiger partial charge in [0.1, 0.15) is 78.0 Å². The summed E-state index contributed by atoms with van der Waals surface area (Å²) in [5.41, 5.74) is 21.4. The maximum Gasteiger partial charge on any atom is 0.305 e. The Hall–Kier alpha value is -14.0. The number of aromatic nitrogens is 1. The Kier molecular flexibility index (Phi) is 46.8. The number of carboxylic acid groups (broad SMARTS) is 4. The molecule has 0 radical (unpaired) electrons. The number of hydrogen-bond acceptors (Lipinski definition) is 26. The van der Waals surface area contributed by atoms with Crippen LogP contribution in [0.2, 0.25) is 0 Å². The van der Waals surface area contributed by atoms with Crippen molar-refractivity contribution in [3.8, 4) is 0 Å². The highest BCUT2D eigenvalue weighted by Crippen LogP contribution is 2.21. The van der Waals surface area contributed by atoms with Gasteiger partial charge in [-0.2, -0.15) is 0 Å². The number of carboxylic acids is 4. The third-order valence-electron chi connectivity index (χ3n) is 19.3. The van der Waals surface area contributed by atoms with E-state index in [0.717, 1.165) is 13.8 Å². The van der Waals surface area contributed by atoms with Gasteiger partial charge in [-0.05, 0) is 107 Å². The minimum absolute atomic E-state index is 0.000630. The van der Waals surface area contributed by atoms with Crippen LogP contribution in [0.15, 0.2) is 59.2 Å². The van der Waals surface area contributed by atoms with Gasteiger partial charge in [0.2, 0.25) is 106 Å². The topological polar surface area (TPSA) is 845 Å². The molecule has 52 heteroatoms. The number of aliphatic carboxylic acids is 4. The molecular formula is C80H118BrN23O28. The number of aromatic amines is 1. The first-order valence-electron chi connectivity index (χ1n) is 41.3. The maximum absolute atomic E-state index is 14.4. The molecule has 0 aliphatic rings. The van der Waals surface area contributed by atoms with E-state index >= 15 is 0 Å². The number of aliphatic hydroxyl groups excluding tert-OH is 2. The first-order chi connectivity index (χ1) is 61.7. The minimum atomic E-state index is -2.16. The van der Waals surface area contributed by atoms with Crippen molar-refractivity contribution in [2.24, 2.45) is 34.8 Å². The first-order valence-corrected chi connectivity index (χ1v) is 42.1. The molecular weight excluding hydrogens is 1810 g/mol. The molecule has 3 aromatic rings. The molecule has 0 fully saturated rings. The highest BCUT2D eigenvalue weighted by Gasteiger charge is 2.41. The maximum atomic E-state index is 14.4. The second-order valence-electron chi connectivity index (χ2n) is 32.0. The average Bonchev–Trinajstić information content (AvgIpc) is 1.55. The van der Waals surface area contributed by atoms with Crippen molar-refractivity contribution in [1.82, 2.24) is 95.4 Å². The summed E-state index contributed by atoms with van der Waals surface area (Å²) < 4.78 is 0.677. The van der Waals surface area contributed by atoms with Crippen molar-refractivity contribution < 1.29 is 136 Å². The number of rotatable bonds is 59. The Morgan fingerprint density at radius 2 is 0.902 bits per heavy atom. The van der Waals surface area contributed by atoms with E-state index in [1.54, 1.807) is 76.2 Å². The fourth-order valence-corrected chi connectivity index (χ4v) is 12.7. The smallest absolute Gasteiger partial charge is 0.305 e. The largest absolute Gasteiger partial charge is 0.481 e. The van der Waals surface area contributed by atoms with Crippen LogP contribution in [0, 0.1) is 17.2 Å². The number of nitrogens with two attached hydrogens (primary N) is 4. The highest BCUT2D eigenvalue weighted by atomic mass is 79.9. The van der Waals surface area contributed by atoms with Crippen molar-refractivity contribution in [2.45, 2.75) is 229 Å². The van der Waals surface area contributed by atoms with Gasteiger partial charge in [0.05, 0.1) is 57.6 Å². The molecule has 1 aromatic heterocycles. The van der Waals surface area contributed by atoms with E-state index in [9.17, 15) is 131 Å². The molecule has 0 bridgehead atoms. The molecule has 2 aromatic carbocycles. The molecule has 3 rings (SSSR count). The van der Waals surface area contributed by atoms with Gasteiger partial charge in [-0.3, -0.25) is 111 Å². The molecule has 0 spiro atoms. The number of primary amides is 2. The zero-order valence-corrected chi connectivity index (χ0v) is 75.1. The number of hydrogen-bond donors (Lipinski definition) is 29. The van der Waals surface area contributed by atoms with Crippen molar-refractivity contribution in [2.75, 3.05) is 32.8 Å². The van der Waals surface area contributed by atoms with Crippen LogP contribution in [-0.4, -0.2) is 295 Å². The number of halogens is 1. The lowest BCUT2D eigenvalue weighted by atomic mass is 9.98. The number of nitrogens with one attached hydrogen (secondary N) is 19. The van der Waals surface area contributed by atoms with E-state index in [2.05, 4.69) is 111 Å². The third-order valence-corrected chi connectivity index (χ3v) is 19.9. The average molecular weight is 1930 g/mol. The quantitative estimate of drug-likeness (QED) is 0.0142. The van der Waals surface area contributed by atoms with Gasteiger partial charge in [-0.25, -0.2) is 0 Å². The van der Waals surface area contributed by atoms with Gasteiger partial charge in [0, 0.05) is 53.8 Å². The molecule has 132 heavy (non-hydrogen) atoms. The lowest BCUT2D eigenvalue weighted by Gasteiger charge is -2.31. The summed E-state index contributed by atoms with van der Waals surface area (Å²) in [7, 11) is 0. The summed E-state index contributed by atoms with van der Waals surface area (Å²) in [5, 5.41) is 106. The number of H-pyrrole nitrogens is 1. The predicted molar refractivity (Wildman–Crippen MR) is 466 cm³/mol. The minimum Gasteiger partial charge on any atom is -0.481 e. The summed E-state index contributed by atoms with van der Waals surface area (Å²) in [4.78, 5) is 295. The van der Waals surface area contributed by atoms with Gasteiger partial charge >= 0.3 is 23.9 Å². The van der Waals surface area contributed by atoms with Crippen LogP contribution in [0.4, 0.5) is 0 Å². The number of benzene rings is 2. The Bertz CT molecular complexity index is 4660. The second kappa shape index (κ2) is 55.1. The van der Waals surface area contributed by atoms with Crippen LogP contribution in [0.5, 0.6) is 0 Å². The summed E-state index contributed by atoms with van der Waals surface area (Å²) in [6.45, 7) is 7.26. The molecule has 0 aliphatic heterocycles. The monoisotopic (exact) mass is 1930 g/mol. The third kappa shape index (κ3) is 41.2. The molecule has 33 N–H and O–H groups in total. The predicted octanol–water partition coefficient (Wildman–Crippen LogP) is -9.11. The number of carbonyl (C=O) groups is 22. The number of amides is 18. The van der Waals surface area contributed by atoms with Gasteiger partial charge in [0.15, 0.2) is 5.96 Å². The lowest BCUT2D eigenvalue weighted by Crippen LogP contribution is -2.64. The van der Waals surface area contributed by atoms with Crippen LogP contribution in [-0.2, 0) is 118 Å². The zero-order valence-electron chi connectivity index (χ0n) is 73.5. The molecule has 0 saturated heterocycles. The van der Waals surface area contributed by atoms with Crippen molar-refractivity contribution in [1.29, 1.82) is 5.41 Å². The van der Waals surface area contributed by atoms with Crippen LogP contribution >= 0.6 is 15.9 Å². The van der Waals surface area contributed by atoms with E-state index in [1.807, 2.05) is 0 Å². The van der Waals surface area contributed by atoms with Crippen molar-refractivity contribution in [3.63, 3.8) is 0 Å². The number of guanidine groups is 1. The fraction of sp³-hybridized carbons (Fsp3) is 0.537. The molecule has 0 unspecified atom stereocenters. The van der Waals surface area contributed by atoms with Gasteiger partial charge in [0.25, 0.3) is 0 Å². The van der Waals surface area contributed by atoms with E-state index in [-0.39, 0.29) is 51.0 Å². The van der Waals surface area contributed by atoms with Crippen molar-refractivity contribution in [3.05, 3.63) is 70.3 Å². The van der Waals surface area contributed by atoms with Crippen LogP contribution in [0.25, 0.3) is 10.9 Å². The first kappa shape index (κ1) is 112. The Morgan fingerprint density at radius 3 is 1.42 bits per heavy atom. The second-order valence-corrected chi connectivity index (χ2v) is 33.0. The van der Waals surface area contributed by atoms with E-state index in [4.69, 9.17) is 33.5 Å². The van der Waals surface area contributed by atoms with Crippen LogP contribution in [0.1, 0.15) is 137 Å². The lowest BCUT2D eigenvalue weighted by molar-refractivity contribution is -0.142. The number of aliphatic hydroxyl groups is 2. The van der Waals surface area contributed by atoms with Gasteiger partial charge in [-0.1, -0.05) is 74.0 Å². The SMILES string of the molecule is CC(C)C[C@@H](NC(=O)[C@@H](CCC(=O)O)NC(=O)C(C)(C)NC(=O)[C@@H](Cc1c[nH]c2ccccc12)NC(=O)[C@H](NC(=O)[C@H](N)CC(=O)O)[C@@H](C)O)C(=O)N[C@H](C)C(=O)N[C@H](CCC(=O)O)C(=O)N[C@H](CC(=O)O)C(=O)N[C@H](CC(C)C)C(=O)N[C@H](CC(N)=O)C(=O)NCC(=O)NCC(=O)NCC(=O)N[C@@H](CO)C(=O)N[C@@H](Cc1ccc(Br)cc1)C(=O)N[C@@H](CCCNC(=N)N)C(N)=O. The number of para-hydroxylation sites is 1. The van der Waals surface area contributed by atoms with E-state index in [1.165, 1.54) is 20.0 Å². The normalized spacial score (nSPS) is 14.3. The van der Waals surface area contributed by atoms with E-state index in [0.29, 0.717) is 26.5 Å². The molecule has 0 aliphatic carbocycles. The Morgan fingerprint density at radius 1 is 0.447 bits per heavy atom. The molecule has 0 saturated carbocycles. The van der Waals surface area contributed by atoms with Gasteiger partial charge in [-0.15, -0.1) is 0 Å². The standard InChI is InChI=1S/C80H118BrN23O28/c1-36(2)24-49(96-70(124)48(20-22-61(113)114)102-78(132)80(7,8)104-76(130)52(27-41-31-88-45-13-10-9-12-43(41)45)101-77(131)64(39(6)106)103-67(121)44(82)28-62(115)116)71(125)92-38(5)66(120)95-47(19-21-60(111)112)69(123)100-54(30-63(117)118)74(128)97-50(25-37(3)4)72(126)99-53(29-56(83)107)68(122)91-33-58(109)89-32-57(108)90-34-59(110)93-55(35-105)75(129)98-51(26-40-15-17-42(81)18-16-40)73(127)94-46(65(84)119)14-11-23-87-79(85)86/h9-10,12-13,15-18,31,36-39,44,46-55,64,88,105-106H,11,14,19-30,32-35,82H2,1-8H3,(H2,83,107)(H2,84,119)(H,89,109)(H,90,108)(H,91,122)(H,92,125)(H,93,110)(H,94,127)(H,95,120)(H,96,124)(H,97,128)(H,98,129)(H,99,126)(H,100,123)(H,101,131)(H,102,132)(H,103,121)(H,104,130)(H,111,112)(H,113,114)(H,115,116)(H,117,118)(H4,85,86,87)/t38-,39-,44-,46+,47-,48-,49-,50-,51+,52-,53-,54-,55+,64-/m1/s1. The van der Waals surface area contributed by atoms with Crippen LogP contribution < -0.4 is 113 Å². The summed E-state index contributed by atoms with van der Waals surface area (Å²) in [6.07, 6.45) is -7.12. The fourth-order valence-electron chi connectivity index (χ4n) is 12.4. The number of carbonyl (C=O) groups excluding carboxylic acids is 18. The van der Waals surface area contributed by atoms with Crippen molar-refractivity contribution >= 4 is 163 Å². The summed E-state index contributed by atoms with van der Waals surface area (Å²) in [5.74, 6) is -28.1. The van der Waals surface area contributed by atoms with Gasteiger partial charge < -0.3 is 149 Å². The summed E-state index contributed by atoms with van der Waals surface area (Å²) in [6, 6.07) is -9.17. The van der Waals surface area contributed by atoms with E-state index < -0.39 is 303 Å². The Balaban J connectivity index is 1.75. The number of fused-ring (bicyclic) bond motifs is 1. The van der Waals surface area contributed by atoms with Crippen LogP contribution in [0.3, 0.4) is 0 Å². The zero-order chi connectivity index (χ0) is 99.7. The molecule has 1 heterocycles. The molecule has 18 amide bonds. The highest BCUT2D eigenvalue weighted by molar-refractivity contribution is 9.10.